The second kappa shape index (κ2) is 10.7. The van der Waals surface area contributed by atoms with Crippen molar-refractivity contribution in [2.24, 2.45) is 10.7 Å². The standard InChI is InChI=1S/C18H20ClN7O2/c1-2-16(28)23-12-4-3-5-13(8-12)24-17-15(19)11-22-18(26-17)25-14(9-20)10-21-6-7-27/h2-5,8-11,27H,1,6-7,20H2,(H,23,28)(H2,22,24,25,26). The summed E-state index contributed by atoms with van der Waals surface area (Å²) in [7, 11) is 0. The lowest BCUT2D eigenvalue weighted by Gasteiger charge is -2.11. The molecule has 28 heavy (non-hydrogen) atoms. The molecule has 0 bridgehead atoms. The Kier molecular flexibility index (Phi) is 7.94. The van der Waals surface area contributed by atoms with E-state index in [0.29, 0.717) is 27.9 Å². The zero-order valence-corrected chi connectivity index (χ0v) is 15.6. The summed E-state index contributed by atoms with van der Waals surface area (Å²) < 4.78 is 0. The van der Waals surface area contributed by atoms with E-state index < -0.39 is 0 Å². The van der Waals surface area contributed by atoms with Crippen LogP contribution in [0.5, 0.6) is 0 Å². The van der Waals surface area contributed by atoms with E-state index in [4.69, 9.17) is 22.4 Å². The number of aliphatic hydroxyl groups excluding tert-OH is 1. The molecule has 0 spiro atoms. The number of amides is 1. The van der Waals surface area contributed by atoms with Gasteiger partial charge in [0, 0.05) is 23.8 Å². The number of allylic oxidation sites excluding steroid dienone is 1. The predicted octanol–water partition coefficient (Wildman–Crippen LogP) is 2.27. The predicted molar refractivity (Wildman–Crippen MR) is 112 cm³/mol. The SMILES string of the molecule is C=CC(=O)Nc1cccc(Nc2nc(NC(C=NCCO)=CN)ncc2Cl)c1. The Morgan fingerprint density at radius 3 is 2.86 bits per heavy atom. The van der Waals surface area contributed by atoms with Crippen LogP contribution in [0.3, 0.4) is 0 Å². The van der Waals surface area contributed by atoms with Gasteiger partial charge in [-0.2, -0.15) is 4.98 Å². The number of aliphatic hydroxyl groups is 1. The minimum Gasteiger partial charge on any atom is -0.403 e. The molecule has 0 saturated carbocycles. The van der Waals surface area contributed by atoms with Crippen LogP contribution >= 0.6 is 11.6 Å². The Balaban J connectivity index is 2.16. The molecule has 2 rings (SSSR count). The molecule has 1 heterocycles. The van der Waals surface area contributed by atoms with Gasteiger partial charge in [0.05, 0.1) is 25.0 Å². The summed E-state index contributed by atoms with van der Waals surface area (Å²) in [6, 6.07) is 7.02. The van der Waals surface area contributed by atoms with E-state index in [0.717, 1.165) is 0 Å². The molecule has 0 aliphatic rings. The number of carbonyl (C=O) groups excluding carboxylic acids is 1. The quantitative estimate of drug-likeness (QED) is 0.321. The van der Waals surface area contributed by atoms with Crippen LogP contribution < -0.4 is 21.7 Å². The number of rotatable bonds is 9. The zero-order chi connectivity index (χ0) is 20.4. The Labute approximate surface area is 167 Å². The van der Waals surface area contributed by atoms with Gasteiger partial charge in [-0.25, -0.2) is 4.98 Å². The number of carbonyl (C=O) groups is 1. The van der Waals surface area contributed by atoms with Gasteiger partial charge >= 0.3 is 0 Å². The highest BCUT2D eigenvalue weighted by atomic mass is 35.5. The Bertz CT molecular complexity index is 899. The molecular formula is C18H20ClN7O2. The number of nitrogens with one attached hydrogen (secondary N) is 3. The lowest BCUT2D eigenvalue weighted by atomic mass is 10.2. The largest absolute Gasteiger partial charge is 0.403 e. The van der Waals surface area contributed by atoms with Crippen molar-refractivity contribution in [2.45, 2.75) is 0 Å². The second-order valence-corrected chi connectivity index (χ2v) is 5.70. The molecule has 0 saturated heterocycles. The molecule has 1 aromatic carbocycles. The first kappa shape index (κ1) is 20.9. The van der Waals surface area contributed by atoms with Gasteiger partial charge in [-0.15, -0.1) is 0 Å². The molecule has 9 nitrogen and oxygen atoms in total. The van der Waals surface area contributed by atoms with Crippen LogP contribution in [0.2, 0.25) is 5.02 Å². The second-order valence-electron chi connectivity index (χ2n) is 5.30. The van der Waals surface area contributed by atoms with E-state index in [1.54, 1.807) is 24.3 Å². The summed E-state index contributed by atoms with van der Waals surface area (Å²) in [4.78, 5) is 23.8. The van der Waals surface area contributed by atoms with Gasteiger partial charge < -0.3 is 26.8 Å². The topological polar surface area (TPSA) is 138 Å². The Hall–Kier alpha value is -3.43. The zero-order valence-electron chi connectivity index (χ0n) is 14.9. The van der Waals surface area contributed by atoms with E-state index in [1.165, 1.54) is 24.7 Å². The van der Waals surface area contributed by atoms with E-state index >= 15 is 0 Å². The monoisotopic (exact) mass is 401 g/mol. The molecule has 0 atom stereocenters. The molecular weight excluding hydrogens is 382 g/mol. The van der Waals surface area contributed by atoms with Gasteiger partial charge in [0.25, 0.3) is 0 Å². The molecule has 0 fully saturated rings. The third kappa shape index (κ3) is 6.38. The number of benzene rings is 1. The molecule has 6 N–H and O–H groups in total. The van der Waals surface area contributed by atoms with Gasteiger partial charge in [-0.3, -0.25) is 9.79 Å². The molecule has 2 aromatic rings. The van der Waals surface area contributed by atoms with Crippen molar-refractivity contribution in [1.82, 2.24) is 9.97 Å². The number of nitrogens with zero attached hydrogens (tertiary/aromatic N) is 3. The minimum absolute atomic E-state index is 0.0633. The highest BCUT2D eigenvalue weighted by molar-refractivity contribution is 6.32. The van der Waals surface area contributed by atoms with Gasteiger partial charge in [-0.1, -0.05) is 24.2 Å². The first-order valence-corrected chi connectivity index (χ1v) is 8.56. The maximum atomic E-state index is 11.4. The third-order valence-electron chi connectivity index (χ3n) is 3.22. The van der Waals surface area contributed by atoms with Crippen LogP contribution in [0, 0.1) is 0 Å². The Morgan fingerprint density at radius 2 is 2.14 bits per heavy atom. The lowest BCUT2D eigenvalue weighted by molar-refractivity contribution is -0.111. The van der Waals surface area contributed by atoms with Crippen molar-refractivity contribution >= 4 is 46.9 Å². The maximum absolute atomic E-state index is 11.4. The molecule has 0 unspecified atom stereocenters. The van der Waals surface area contributed by atoms with E-state index in [2.05, 4.69) is 37.5 Å². The fraction of sp³-hybridized carbons (Fsp3) is 0.111. The molecule has 10 heteroatoms. The van der Waals surface area contributed by atoms with Crippen molar-refractivity contribution in [3.8, 4) is 0 Å². The maximum Gasteiger partial charge on any atom is 0.247 e. The van der Waals surface area contributed by atoms with Crippen molar-refractivity contribution < 1.29 is 9.90 Å². The minimum atomic E-state index is -0.312. The van der Waals surface area contributed by atoms with Crippen molar-refractivity contribution in [3.63, 3.8) is 0 Å². The van der Waals surface area contributed by atoms with Crippen LogP contribution in [0.25, 0.3) is 0 Å². The number of aromatic nitrogens is 2. The fourth-order valence-electron chi connectivity index (χ4n) is 1.99. The number of hydrogen-bond donors (Lipinski definition) is 5. The fourth-order valence-corrected chi connectivity index (χ4v) is 2.12. The number of nitrogens with two attached hydrogens (primary N) is 1. The van der Waals surface area contributed by atoms with E-state index in [-0.39, 0.29) is 25.0 Å². The van der Waals surface area contributed by atoms with Crippen LogP contribution in [0.1, 0.15) is 0 Å². The molecule has 1 aromatic heterocycles. The van der Waals surface area contributed by atoms with Crippen molar-refractivity contribution in [3.05, 3.63) is 60.0 Å². The molecule has 0 aliphatic heterocycles. The smallest absolute Gasteiger partial charge is 0.247 e. The summed E-state index contributed by atoms with van der Waals surface area (Å²) in [6.45, 7) is 3.61. The lowest BCUT2D eigenvalue weighted by Crippen LogP contribution is -2.09. The third-order valence-corrected chi connectivity index (χ3v) is 3.49. The first-order valence-electron chi connectivity index (χ1n) is 8.18. The highest BCUT2D eigenvalue weighted by Gasteiger charge is 2.08. The van der Waals surface area contributed by atoms with Crippen LogP contribution in [0.4, 0.5) is 23.1 Å². The number of hydrogen-bond acceptors (Lipinski definition) is 8. The summed E-state index contributed by atoms with van der Waals surface area (Å²) in [5.41, 5.74) is 7.25. The summed E-state index contributed by atoms with van der Waals surface area (Å²) in [6.07, 6.45) is 5.39. The average Bonchev–Trinajstić information content (AvgIpc) is 2.70. The average molecular weight is 402 g/mol. The van der Waals surface area contributed by atoms with Gasteiger partial charge in [0.2, 0.25) is 11.9 Å². The van der Waals surface area contributed by atoms with Crippen LogP contribution in [-0.2, 0) is 4.79 Å². The summed E-state index contributed by atoms with van der Waals surface area (Å²) in [5, 5.41) is 17.7. The number of aliphatic imine (C=N–C) groups is 1. The van der Waals surface area contributed by atoms with Crippen molar-refractivity contribution in [2.75, 3.05) is 29.1 Å². The van der Waals surface area contributed by atoms with Crippen LogP contribution in [0.15, 0.2) is 60.0 Å². The van der Waals surface area contributed by atoms with Gasteiger partial charge in [0.15, 0.2) is 5.82 Å². The molecule has 0 radical (unpaired) electrons. The Morgan fingerprint density at radius 1 is 1.36 bits per heavy atom. The van der Waals surface area contributed by atoms with E-state index in [9.17, 15) is 4.79 Å². The number of anilines is 4. The summed E-state index contributed by atoms with van der Waals surface area (Å²) >= 11 is 6.17. The normalized spacial score (nSPS) is 11.3. The molecule has 0 aliphatic carbocycles. The van der Waals surface area contributed by atoms with Crippen molar-refractivity contribution in [1.29, 1.82) is 0 Å². The molecule has 146 valence electrons. The van der Waals surface area contributed by atoms with Gasteiger partial charge in [-0.05, 0) is 24.3 Å². The van der Waals surface area contributed by atoms with Gasteiger partial charge in [0.1, 0.15) is 5.02 Å². The summed E-state index contributed by atoms with van der Waals surface area (Å²) in [5.74, 6) is 0.290. The first-order chi connectivity index (χ1) is 13.5. The highest BCUT2D eigenvalue weighted by Crippen LogP contribution is 2.25. The molecule has 1 amide bonds. The van der Waals surface area contributed by atoms with Crippen LogP contribution in [-0.4, -0.2) is 40.3 Å². The number of halogens is 1. The van der Waals surface area contributed by atoms with E-state index in [1.807, 2.05) is 0 Å².